The molecule has 1 aromatic carbocycles. The van der Waals surface area contributed by atoms with E-state index in [0.29, 0.717) is 0 Å². The maximum atomic E-state index is 2.43. The Kier molecular flexibility index (Phi) is 15.0. The van der Waals surface area contributed by atoms with Gasteiger partial charge in [-0.15, -0.1) is 0 Å². The van der Waals surface area contributed by atoms with Gasteiger partial charge in [-0.1, -0.05) is 67.5 Å². The summed E-state index contributed by atoms with van der Waals surface area (Å²) in [4.78, 5) is 0. The van der Waals surface area contributed by atoms with Crippen LogP contribution in [0.2, 0.25) is 0 Å². The van der Waals surface area contributed by atoms with Gasteiger partial charge in [-0.2, -0.15) is 0 Å². The summed E-state index contributed by atoms with van der Waals surface area (Å²) < 4.78 is 0. The van der Waals surface area contributed by atoms with E-state index < -0.39 is 0 Å². The molecule has 4 heteroatoms. The summed E-state index contributed by atoms with van der Waals surface area (Å²) in [6, 6.07) is 4.86. The zero-order chi connectivity index (χ0) is 16.0. The largest absolute Gasteiger partial charge is 0.0683 e. The average Bonchev–Trinajstić information content (AvgIpc) is 2.99. The van der Waals surface area contributed by atoms with Crippen molar-refractivity contribution in [2.75, 3.05) is 0 Å². The molecule has 3 rings (SSSR count). The Bertz CT molecular complexity index is 477. The Labute approximate surface area is 213 Å². The molecule has 0 radical (unpaired) electrons. The third-order valence-electron chi connectivity index (χ3n) is 5.15. The molecule has 0 nitrogen and oxygen atoms in total. The molecule has 2 aliphatic carbocycles. The SMILES string of the molecule is CC.CC(C)(C)c1ccc(C(C)(C)C)c2c1C1CCC2C1.[W].[W].[W].[W]. The smallest absolute Gasteiger partial charge is 0 e. The fourth-order valence-electron chi connectivity index (χ4n) is 4.33. The van der Waals surface area contributed by atoms with E-state index in [2.05, 4.69) is 53.7 Å². The summed E-state index contributed by atoms with van der Waals surface area (Å²) in [6.07, 6.45) is 4.27. The summed E-state index contributed by atoms with van der Waals surface area (Å²) in [5.41, 5.74) is 7.29. The van der Waals surface area contributed by atoms with Gasteiger partial charge >= 0.3 is 0 Å². The molecule has 0 aliphatic heterocycles. The molecule has 1 saturated carbocycles. The van der Waals surface area contributed by atoms with Gasteiger partial charge in [-0.25, -0.2) is 0 Å². The van der Waals surface area contributed by atoms with Gasteiger partial charge in [-0.3, -0.25) is 0 Å². The van der Waals surface area contributed by atoms with E-state index in [1.54, 1.807) is 22.3 Å². The Balaban J connectivity index is -0.000000780. The van der Waals surface area contributed by atoms with Gasteiger partial charge in [0.2, 0.25) is 0 Å². The van der Waals surface area contributed by atoms with E-state index in [1.807, 2.05) is 13.8 Å². The minimum absolute atomic E-state index is 0. The third-order valence-corrected chi connectivity index (χ3v) is 5.15. The predicted octanol–water partition coefficient (Wildman–Crippen LogP) is 6.66. The second-order valence-electron chi connectivity index (χ2n) is 8.69. The minimum atomic E-state index is 0. The normalized spacial score (nSPS) is 19.8. The molecule has 25 heavy (non-hydrogen) atoms. The topological polar surface area (TPSA) is 0 Å². The van der Waals surface area contributed by atoms with Gasteiger partial charge < -0.3 is 0 Å². The molecule has 2 atom stereocenters. The second-order valence-corrected chi connectivity index (χ2v) is 8.69. The Morgan fingerprint density at radius 1 is 0.640 bits per heavy atom. The van der Waals surface area contributed by atoms with Crippen LogP contribution in [0.15, 0.2) is 12.1 Å². The number of fused-ring (bicyclic) bond motifs is 5. The quantitative estimate of drug-likeness (QED) is 0.273. The Morgan fingerprint density at radius 2 is 0.920 bits per heavy atom. The molecular formula is C21H34W4. The monoisotopic (exact) mass is 1020 g/mol. The first-order chi connectivity index (χ1) is 9.69. The van der Waals surface area contributed by atoms with Crippen molar-refractivity contribution in [2.45, 2.75) is 97.3 Å². The van der Waals surface area contributed by atoms with E-state index in [1.165, 1.54) is 19.3 Å². The first-order valence-corrected chi connectivity index (χ1v) is 8.87. The Morgan fingerprint density at radius 3 is 1.16 bits per heavy atom. The van der Waals surface area contributed by atoms with Crippen molar-refractivity contribution in [1.82, 2.24) is 0 Å². The number of rotatable bonds is 0. The van der Waals surface area contributed by atoms with Crippen molar-refractivity contribution in [3.05, 3.63) is 34.4 Å². The Hall–Kier alpha value is 1.97. The molecule has 2 aliphatic rings. The number of hydrogen-bond donors (Lipinski definition) is 0. The summed E-state index contributed by atoms with van der Waals surface area (Å²) in [7, 11) is 0. The van der Waals surface area contributed by atoms with Crippen molar-refractivity contribution in [1.29, 1.82) is 0 Å². The molecular weight excluding hydrogens is 988 g/mol. The maximum absolute atomic E-state index is 2.43. The third kappa shape index (κ3) is 6.49. The molecule has 0 heterocycles. The van der Waals surface area contributed by atoms with Crippen LogP contribution in [-0.2, 0) is 95.1 Å². The van der Waals surface area contributed by atoms with Gasteiger partial charge in [0.1, 0.15) is 0 Å². The predicted molar refractivity (Wildman–Crippen MR) is 94.5 cm³/mol. The summed E-state index contributed by atoms with van der Waals surface area (Å²) in [5, 5.41) is 0. The summed E-state index contributed by atoms with van der Waals surface area (Å²) in [5.74, 6) is 1.72. The fraction of sp³-hybridized carbons (Fsp3) is 0.714. The van der Waals surface area contributed by atoms with Crippen molar-refractivity contribution in [3.63, 3.8) is 0 Å². The molecule has 1 fully saturated rings. The molecule has 1 aromatic rings. The van der Waals surface area contributed by atoms with Crippen LogP contribution in [0.25, 0.3) is 0 Å². The maximum Gasteiger partial charge on any atom is 0 e. The average molecular weight is 1020 g/mol. The van der Waals surface area contributed by atoms with E-state index in [4.69, 9.17) is 0 Å². The van der Waals surface area contributed by atoms with Crippen molar-refractivity contribution in [2.24, 2.45) is 0 Å². The van der Waals surface area contributed by atoms with Crippen LogP contribution in [0.4, 0.5) is 0 Å². The van der Waals surface area contributed by atoms with Gasteiger partial charge in [0.25, 0.3) is 0 Å². The first kappa shape index (κ1) is 31.7. The molecule has 0 spiro atoms. The molecule has 0 amide bonds. The number of hydrogen-bond acceptors (Lipinski definition) is 0. The molecule has 0 N–H and O–H groups in total. The summed E-state index contributed by atoms with van der Waals surface area (Å²) >= 11 is 0. The van der Waals surface area contributed by atoms with E-state index in [0.717, 1.165) is 11.8 Å². The fourth-order valence-corrected chi connectivity index (χ4v) is 4.33. The van der Waals surface area contributed by atoms with Crippen LogP contribution in [-0.4, -0.2) is 0 Å². The van der Waals surface area contributed by atoms with Gasteiger partial charge in [0.05, 0.1) is 0 Å². The molecule has 2 unspecified atom stereocenters. The first-order valence-electron chi connectivity index (χ1n) is 8.87. The van der Waals surface area contributed by atoms with Crippen LogP contribution >= 0.6 is 0 Å². The molecule has 0 saturated heterocycles. The van der Waals surface area contributed by atoms with Crippen molar-refractivity contribution in [3.8, 4) is 0 Å². The van der Waals surface area contributed by atoms with Crippen LogP contribution < -0.4 is 0 Å². The zero-order valence-electron chi connectivity index (χ0n) is 17.1. The van der Waals surface area contributed by atoms with E-state index in [9.17, 15) is 0 Å². The second kappa shape index (κ2) is 11.8. The van der Waals surface area contributed by atoms with Crippen molar-refractivity contribution < 1.29 is 84.3 Å². The van der Waals surface area contributed by atoms with Crippen LogP contribution in [0, 0.1) is 0 Å². The number of benzene rings is 1. The van der Waals surface area contributed by atoms with Crippen molar-refractivity contribution >= 4 is 0 Å². The van der Waals surface area contributed by atoms with Crippen LogP contribution in [0.3, 0.4) is 0 Å². The van der Waals surface area contributed by atoms with Crippen LogP contribution in [0.1, 0.15) is 109 Å². The molecule has 0 aromatic heterocycles. The van der Waals surface area contributed by atoms with E-state index in [-0.39, 0.29) is 95.1 Å². The molecule has 2 bridgehead atoms. The standard InChI is InChI=1S/C19H28.C2H6.4W/c1-18(2,3)14-9-10-15(19(4,5)6)17-13-8-7-12(11-13)16(14)17;1-2;;;;/h9-10,12-13H,7-8,11H2,1-6H3;1-2H3;;;;. The van der Waals surface area contributed by atoms with Crippen LogP contribution in [0.5, 0.6) is 0 Å². The minimum Gasteiger partial charge on any atom is -0.0683 e. The van der Waals surface area contributed by atoms with Gasteiger partial charge in [0, 0.05) is 84.3 Å². The zero-order valence-corrected chi connectivity index (χ0v) is 28.8. The van der Waals surface area contributed by atoms with Gasteiger partial charge in [-0.05, 0) is 64.2 Å². The molecule has 142 valence electrons. The van der Waals surface area contributed by atoms with Gasteiger partial charge in [0.15, 0.2) is 0 Å². The summed E-state index contributed by atoms with van der Waals surface area (Å²) in [6.45, 7) is 18.2. The van der Waals surface area contributed by atoms with E-state index >= 15 is 0 Å².